The van der Waals surface area contributed by atoms with Crippen LogP contribution in [-0.4, -0.2) is 42.7 Å². The van der Waals surface area contributed by atoms with E-state index < -0.39 is 18.3 Å². The number of ether oxygens (including phenoxy) is 3. The lowest BCUT2D eigenvalue weighted by Gasteiger charge is -2.31. The van der Waals surface area contributed by atoms with Gasteiger partial charge >= 0.3 is 6.09 Å². The van der Waals surface area contributed by atoms with E-state index in [-0.39, 0.29) is 19.3 Å². The molecule has 110 valence electrons. The second-order valence-electron chi connectivity index (χ2n) is 4.84. The minimum Gasteiger partial charge on any atom is -0.486 e. The molecule has 0 aliphatic carbocycles. The molecule has 2 atom stereocenters. The van der Waals surface area contributed by atoms with Crippen LogP contribution in [-0.2, 0) is 4.74 Å². The van der Waals surface area contributed by atoms with Crippen LogP contribution < -0.4 is 14.8 Å². The van der Waals surface area contributed by atoms with Crippen LogP contribution >= 0.6 is 0 Å². The van der Waals surface area contributed by atoms with Gasteiger partial charge in [0.2, 0.25) is 0 Å². The Morgan fingerprint density at radius 2 is 2.15 bits per heavy atom. The van der Waals surface area contributed by atoms with Crippen LogP contribution in [0.25, 0.3) is 0 Å². The van der Waals surface area contributed by atoms with E-state index in [0.29, 0.717) is 11.5 Å². The average molecular weight is 281 g/mol. The Labute approximate surface area is 117 Å². The molecule has 1 aromatic carbocycles. The van der Waals surface area contributed by atoms with Gasteiger partial charge < -0.3 is 24.6 Å². The Hall–Kier alpha value is -1.95. The van der Waals surface area contributed by atoms with Crippen LogP contribution in [0.2, 0.25) is 0 Å². The van der Waals surface area contributed by atoms with Crippen molar-refractivity contribution in [3.63, 3.8) is 0 Å². The summed E-state index contributed by atoms with van der Waals surface area (Å²) in [5.74, 6) is 1.22. The Morgan fingerprint density at radius 3 is 2.80 bits per heavy atom. The Kier molecular flexibility index (Phi) is 4.68. The zero-order valence-electron chi connectivity index (χ0n) is 11.5. The third-order valence-corrected chi connectivity index (χ3v) is 2.79. The van der Waals surface area contributed by atoms with Crippen molar-refractivity contribution in [2.45, 2.75) is 32.1 Å². The van der Waals surface area contributed by atoms with E-state index in [4.69, 9.17) is 14.2 Å². The highest BCUT2D eigenvalue weighted by Crippen LogP contribution is 2.31. The van der Waals surface area contributed by atoms with Crippen molar-refractivity contribution in [1.82, 2.24) is 5.32 Å². The molecule has 1 amide bonds. The first-order valence-electron chi connectivity index (χ1n) is 6.56. The molecule has 1 aliphatic rings. The van der Waals surface area contributed by atoms with Crippen molar-refractivity contribution in [1.29, 1.82) is 0 Å². The number of alkyl carbamates (subject to hydrolysis) is 1. The highest BCUT2D eigenvalue weighted by molar-refractivity contribution is 5.67. The predicted molar refractivity (Wildman–Crippen MR) is 72.0 cm³/mol. The number of para-hydroxylation sites is 2. The van der Waals surface area contributed by atoms with Crippen LogP contribution in [0.3, 0.4) is 0 Å². The van der Waals surface area contributed by atoms with Gasteiger partial charge in [-0.25, -0.2) is 4.79 Å². The molecule has 0 saturated carbocycles. The summed E-state index contributed by atoms with van der Waals surface area (Å²) in [5.41, 5.74) is 0. The van der Waals surface area contributed by atoms with Crippen LogP contribution in [0.1, 0.15) is 13.8 Å². The first-order valence-corrected chi connectivity index (χ1v) is 6.56. The van der Waals surface area contributed by atoms with E-state index in [0.717, 1.165) is 0 Å². The van der Waals surface area contributed by atoms with Gasteiger partial charge in [-0.15, -0.1) is 0 Å². The highest BCUT2D eigenvalue weighted by atomic mass is 16.6. The number of aliphatic hydroxyl groups is 1. The lowest BCUT2D eigenvalue weighted by molar-refractivity contribution is -0.0432. The van der Waals surface area contributed by atoms with Gasteiger partial charge in [0.05, 0.1) is 6.61 Å². The van der Waals surface area contributed by atoms with Crippen LogP contribution in [0.15, 0.2) is 24.3 Å². The second-order valence-corrected chi connectivity index (χ2v) is 4.84. The fraction of sp³-hybridized carbons (Fsp3) is 0.500. The number of amides is 1. The molecule has 1 heterocycles. The molecule has 6 heteroatoms. The molecule has 1 aliphatic heterocycles. The topological polar surface area (TPSA) is 77.0 Å². The number of hydrogen-bond donors (Lipinski definition) is 2. The number of carbonyl (C=O) groups excluding carboxylic acids is 1. The molecule has 20 heavy (non-hydrogen) atoms. The van der Waals surface area contributed by atoms with Crippen LogP contribution in [0.4, 0.5) is 4.79 Å². The van der Waals surface area contributed by atoms with Gasteiger partial charge in [-0.1, -0.05) is 12.1 Å². The summed E-state index contributed by atoms with van der Waals surface area (Å²) in [5, 5.41) is 12.0. The summed E-state index contributed by atoms with van der Waals surface area (Å²) in [6.45, 7) is 3.54. The maximum atomic E-state index is 11.6. The summed E-state index contributed by atoms with van der Waals surface area (Å²) in [6, 6.07) is 7.20. The Bertz CT molecular complexity index is 463. The fourth-order valence-electron chi connectivity index (χ4n) is 1.86. The molecule has 0 fully saturated rings. The zero-order valence-corrected chi connectivity index (χ0v) is 11.5. The number of nitrogens with one attached hydrogen (secondary N) is 1. The minimum absolute atomic E-state index is 0.0360. The van der Waals surface area contributed by atoms with Gasteiger partial charge in [0, 0.05) is 6.04 Å². The number of fused-ring (bicyclic) bond motifs is 1. The third-order valence-electron chi connectivity index (χ3n) is 2.79. The third kappa shape index (κ3) is 3.54. The van der Waals surface area contributed by atoms with Gasteiger partial charge in [0.25, 0.3) is 0 Å². The molecule has 0 bridgehead atoms. The molecular formula is C14H19NO5. The van der Waals surface area contributed by atoms with E-state index in [1.54, 1.807) is 12.1 Å². The summed E-state index contributed by atoms with van der Waals surface area (Å²) < 4.78 is 16.4. The molecule has 2 rings (SSSR count). The Morgan fingerprint density at radius 1 is 1.45 bits per heavy atom. The Balaban J connectivity index is 1.98. The molecule has 0 aromatic heterocycles. The minimum atomic E-state index is -0.776. The van der Waals surface area contributed by atoms with Gasteiger partial charge in [0.15, 0.2) is 23.7 Å². The lowest BCUT2D eigenvalue weighted by atomic mass is 10.2. The van der Waals surface area contributed by atoms with Gasteiger partial charge in [-0.2, -0.15) is 0 Å². The lowest BCUT2D eigenvalue weighted by Crippen LogP contribution is -2.46. The monoisotopic (exact) mass is 281 g/mol. The van der Waals surface area contributed by atoms with E-state index in [1.165, 1.54) is 0 Å². The number of aliphatic hydroxyl groups excluding tert-OH is 1. The van der Waals surface area contributed by atoms with E-state index in [9.17, 15) is 9.90 Å². The van der Waals surface area contributed by atoms with Crippen molar-refractivity contribution in [2.75, 3.05) is 13.2 Å². The normalized spacial score (nSPS) is 18.5. The molecule has 6 nitrogen and oxygen atoms in total. The molecule has 1 aromatic rings. The molecule has 0 spiro atoms. The SMILES string of the molecule is CC(C)NC(=O)OC(CO)C1COc2ccccc2O1. The van der Waals surface area contributed by atoms with Gasteiger partial charge in [-0.05, 0) is 26.0 Å². The van der Waals surface area contributed by atoms with Crippen molar-refractivity contribution in [3.8, 4) is 11.5 Å². The summed E-state index contributed by atoms with van der Waals surface area (Å²) in [4.78, 5) is 11.6. The molecule has 0 saturated heterocycles. The first-order chi connectivity index (χ1) is 9.60. The van der Waals surface area contributed by atoms with E-state index in [1.807, 2.05) is 26.0 Å². The van der Waals surface area contributed by atoms with Crippen molar-refractivity contribution in [2.24, 2.45) is 0 Å². The quantitative estimate of drug-likeness (QED) is 0.870. The molecule has 2 unspecified atom stereocenters. The largest absolute Gasteiger partial charge is 0.486 e. The first kappa shape index (κ1) is 14.5. The highest BCUT2D eigenvalue weighted by Gasteiger charge is 2.31. The van der Waals surface area contributed by atoms with E-state index >= 15 is 0 Å². The van der Waals surface area contributed by atoms with Crippen LogP contribution in [0.5, 0.6) is 11.5 Å². The van der Waals surface area contributed by atoms with Gasteiger partial charge in [0.1, 0.15) is 6.61 Å². The van der Waals surface area contributed by atoms with Crippen LogP contribution in [0, 0.1) is 0 Å². The van der Waals surface area contributed by atoms with Gasteiger partial charge in [-0.3, -0.25) is 0 Å². The zero-order chi connectivity index (χ0) is 14.5. The molecule has 2 N–H and O–H groups in total. The van der Waals surface area contributed by atoms with Crippen molar-refractivity contribution in [3.05, 3.63) is 24.3 Å². The predicted octanol–water partition coefficient (Wildman–Crippen LogP) is 1.32. The summed E-state index contributed by atoms with van der Waals surface area (Å²) in [7, 11) is 0. The van der Waals surface area contributed by atoms with E-state index in [2.05, 4.69) is 5.32 Å². The maximum absolute atomic E-state index is 11.6. The summed E-state index contributed by atoms with van der Waals surface area (Å²) >= 11 is 0. The summed E-state index contributed by atoms with van der Waals surface area (Å²) in [6.07, 6.45) is -1.89. The standard InChI is InChI=1S/C14H19NO5/c1-9(2)15-14(17)20-12(7-16)13-8-18-10-5-3-4-6-11(10)19-13/h3-6,9,12-13,16H,7-8H2,1-2H3,(H,15,17). The smallest absolute Gasteiger partial charge is 0.407 e. The fourth-order valence-corrected chi connectivity index (χ4v) is 1.86. The number of rotatable bonds is 4. The van der Waals surface area contributed by atoms with Crippen molar-refractivity contribution < 1.29 is 24.1 Å². The average Bonchev–Trinajstić information content (AvgIpc) is 2.43. The second kappa shape index (κ2) is 6.47. The number of benzene rings is 1. The van der Waals surface area contributed by atoms with Crippen molar-refractivity contribution >= 4 is 6.09 Å². The maximum Gasteiger partial charge on any atom is 0.407 e. The molecule has 0 radical (unpaired) electrons. The molecular weight excluding hydrogens is 262 g/mol. The number of hydrogen-bond acceptors (Lipinski definition) is 5. The number of carbonyl (C=O) groups is 1.